The molecule has 0 fully saturated rings. The molecule has 0 saturated heterocycles. The van der Waals surface area contributed by atoms with Gasteiger partial charge in [-0.1, -0.05) is 0 Å². The summed E-state index contributed by atoms with van der Waals surface area (Å²) in [5.41, 5.74) is 5.95. The number of nitrogens with zero attached hydrogens (tertiary/aromatic N) is 1. The maximum absolute atomic E-state index is 12.2. The fraction of sp³-hybridized carbons (Fsp3) is 0.250. The molecule has 3 N–H and O–H groups in total. The lowest BCUT2D eigenvalue weighted by Gasteiger charge is -2.10. The maximum atomic E-state index is 12.2. The molecule has 1 heterocycles. The van der Waals surface area contributed by atoms with Gasteiger partial charge in [0.2, 0.25) is 0 Å². The number of nitrogens with one attached hydrogen (secondary N) is 1. The molecule has 2 aromatic rings. The summed E-state index contributed by atoms with van der Waals surface area (Å²) >= 11 is 0. The second-order valence-corrected chi connectivity index (χ2v) is 4.75. The molecule has 7 heteroatoms. The summed E-state index contributed by atoms with van der Waals surface area (Å²) in [7, 11) is 1.50. The highest BCUT2D eigenvalue weighted by Gasteiger charge is 2.06. The Morgan fingerprint density at radius 1 is 1.22 bits per heavy atom. The van der Waals surface area contributed by atoms with E-state index in [1.165, 1.54) is 17.7 Å². The molecule has 7 nitrogen and oxygen atoms in total. The molecule has 0 unspecified atom stereocenters. The van der Waals surface area contributed by atoms with Crippen LogP contribution in [0.2, 0.25) is 0 Å². The van der Waals surface area contributed by atoms with E-state index in [0.29, 0.717) is 24.6 Å². The normalized spacial score (nSPS) is 10.1. The Morgan fingerprint density at radius 3 is 2.65 bits per heavy atom. The summed E-state index contributed by atoms with van der Waals surface area (Å²) in [4.78, 5) is 23.4. The molecule has 23 heavy (non-hydrogen) atoms. The maximum Gasteiger partial charge on any atom is 0.292 e. The van der Waals surface area contributed by atoms with Gasteiger partial charge < -0.3 is 25.1 Å². The van der Waals surface area contributed by atoms with E-state index in [4.69, 9.17) is 15.2 Å². The van der Waals surface area contributed by atoms with Gasteiger partial charge in [0.25, 0.3) is 11.5 Å². The van der Waals surface area contributed by atoms with E-state index in [-0.39, 0.29) is 23.8 Å². The van der Waals surface area contributed by atoms with Crippen LogP contribution in [0.25, 0.3) is 0 Å². The van der Waals surface area contributed by atoms with Crippen molar-refractivity contribution >= 4 is 11.6 Å². The van der Waals surface area contributed by atoms with E-state index >= 15 is 0 Å². The number of benzene rings is 1. The molecule has 0 radical (unpaired) electrons. The van der Waals surface area contributed by atoms with Gasteiger partial charge in [0.05, 0.1) is 6.54 Å². The van der Waals surface area contributed by atoms with Crippen molar-refractivity contribution in [1.82, 2.24) is 9.88 Å². The molecular formula is C16H19N3O4. The number of anilines is 1. The van der Waals surface area contributed by atoms with Crippen LogP contribution in [0.15, 0.2) is 47.4 Å². The predicted molar refractivity (Wildman–Crippen MR) is 86.6 cm³/mol. The largest absolute Gasteiger partial charge is 0.492 e. The second-order valence-electron chi connectivity index (χ2n) is 4.75. The highest BCUT2D eigenvalue weighted by atomic mass is 16.5. The van der Waals surface area contributed by atoms with Gasteiger partial charge in [-0.15, -0.1) is 0 Å². The molecule has 0 aliphatic heterocycles. The van der Waals surface area contributed by atoms with E-state index in [1.807, 2.05) is 0 Å². The molecule has 0 aliphatic carbocycles. The van der Waals surface area contributed by atoms with Crippen LogP contribution in [0.3, 0.4) is 0 Å². The third kappa shape index (κ3) is 4.77. The third-order valence-electron chi connectivity index (χ3n) is 3.10. The third-order valence-corrected chi connectivity index (χ3v) is 3.10. The summed E-state index contributed by atoms with van der Waals surface area (Å²) < 4.78 is 12.2. The number of hydrogen-bond donors (Lipinski definition) is 2. The minimum atomic E-state index is -0.308. The average Bonchev–Trinajstić information content (AvgIpc) is 2.56. The molecule has 2 rings (SSSR count). The highest BCUT2D eigenvalue weighted by Crippen LogP contribution is 2.12. The molecule has 0 bridgehead atoms. The van der Waals surface area contributed by atoms with Gasteiger partial charge in [0.1, 0.15) is 12.4 Å². The van der Waals surface area contributed by atoms with Crippen molar-refractivity contribution in [3.63, 3.8) is 0 Å². The first-order valence-corrected chi connectivity index (χ1v) is 7.11. The summed E-state index contributed by atoms with van der Waals surface area (Å²) in [5, 5.41) is 2.42. The number of rotatable bonds is 7. The van der Waals surface area contributed by atoms with Gasteiger partial charge >= 0.3 is 0 Å². The fourth-order valence-corrected chi connectivity index (χ4v) is 1.84. The van der Waals surface area contributed by atoms with Crippen LogP contribution < -0.4 is 26.1 Å². The van der Waals surface area contributed by atoms with E-state index < -0.39 is 0 Å². The lowest BCUT2D eigenvalue weighted by Crippen LogP contribution is -2.28. The summed E-state index contributed by atoms with van der Waals surface area (Å²) in [6.45, 7) is 0.487. The number of carbonyl (C=O) groups is 1. The highest BCUT2D eigenvalue weighted by molar-refractivity contribution is 5.77. The summed E-state index contributed by atoms with van der Waals surface area (Å²) in [6.07, 6.45) is 1.64. The Kier molecular flexibility index (Phi) is 5.62. The number of nitrogens with two attached hydrogens (primary N) is 1. The van der Waals surface area contributed by atoms with Crippen molar-refractivity contribution in [2.24, 2.45) is 0 Å². The van der Waals surface area contributed by atoms with Gasteiger partial charge in [-0.2, -0.15) is 0 Å². The van der Waals surface area contributed by atoms with Gasteiger partial charge in [-0.3, -0.25) is 9.59 Å². The minimum absolute atomic E-state index is 0.128. The van der Waals surface area contributed by atoms with Crippen LogP contribution in [-0.2, 0) is 11.3 Å². The summed E-state index contributed by atoms with van der Waals surface area (Å²) in [6, 6.07) is 10.2. The van der Waals surface area contributed by atoms with Crippen molar-refractivity contribution in [3.05, 3.63) is 52.9 Å². The smallest absolute Gasteiger partial charge is 0.292 e. The number of ether oxygens (including phenoxy) is 2. The van der Waals surface area contributed by atoms with Crippen LogP contribution in [0.4, 0.5) is 5.69 Å². The molecular weight excluding hydrogens is 298 g/mol. The molecule has 0 atom stereocenters. The van der Waals surface area contributed by atoms with Crippen LogP contribution in [0, 0.1) is 0 Å². The number of hydrogen-bond acceptors (Lipinski definition) is 5. The summed E-state index contributed by atoms with van der Waals surface area (Å²) in [5.74, 6) is 0.509. The first kappa shape index (κ1) is 16.4. The Balaban J connectivity index is 1.93. The van der Waals surface area contributed by atoms with Gasteiger partial charge in [0, 0.05) is 18.9 Å². The fourth-order valence-electron chi connectivity index (χ4n) is 1.84. The Hall–Kier alpha value is -2.96. The first-order valence-electron chi connectivity index (χ1n) is 7.11. The van der Waals surface area contributed by atoms with Crippen molar-refractivity contribution in [2.45, 2.75) is 6.54 Å². The number of amides is 1. The van der Waals surface area contributed by atoms with Crippen molar-refractivity contribution < 1.29 is 14.3 Å². The Morgan fingerprint density at radius 2 is 1.96 bits per heavy atom. The second kappa shape index (κ2) is 7.88. The lowest BCUT2D eigenvalue weighted by molar-refractivity contribution is -0.122. The molecule has 0 spiro atoms. The van der Waals surface area contributed by atoms with Gasteiger partial charge in [0.15, 0.2) is 12.4 Å². The Bertz CT molecular complexity index is 710. The van der Waals surface area contributed by atoms with E-state index in [2.05, 4.69) is 5.32 Å². The number of nitrogen functional groups attached to an aromatic ring is 1. The average molecular weight is 317 g/mol. The molecule has 1 amide bonds. The van der Waals surface area contributed by atoms with Gasteiger partial charge in [-0.05, 0) is 36.4 Å². The SMILES string of the molecule is CNC(=O)COc1cccn(CCOc2ccc(N)cc2)c1=O. The monoisotopic (exact) mass is 317 g/mol. The van der Waals surface area contributed by atoms with E-state index in [1.54, 1.807) is 36.5 Å². The standard InChI is InChI=1S/C16H19N3O4/c1-18-15(20)11-23-14-3-2-8-19(16(14)21)9-10-22-13-6-4-12(17)5-7-13/h2-8H,9-11,17H2,1H3,(H,18,20). The van der Waals surface area contributed by atoms with Crippen molar-refractivity contribution in [3.8, 4) is 11.5 Å². The zero-order chi connectivity index (χ0) is 16.7. The van der Waals surface area contributed by atoms with Crippen LogP contribution in [0.5, 0.6) is 11.5 Å². The Labute approximate surface area is 133 Å². The molecule has 0 aliphatic rings. The first-order chi connectivity index (χ1) is 11.1. The zero-order valence-corrected chi connectivity index (χ0v) is 12.8. The number of carbonyl (C=O) groups excluding carboxylic acids is 1. The predicted octanol–water partition coefficient (Wildman–Crippen LogP) is 0.634. The number of aromatic nitrogens is 1. The minimum Gasteiger partial charge on any atom is -0.492 e. The molecule has 122 valence electrons. The quantitative estimate of drug-likeness (QED) is 0.731. The topological polar surface area (TPSA) is 95.6 Å². The van der Waals surface area contributed by atoms with Gasteiger partial charge in [-0.25, -0.2) is 0 Å². The van der Waals surface area contributed by atoms with Crippen molar-refractivity contribution in [1.29, 1.82) is 0 Å². The van der Waals surface area contributed by atoms with Crippen LogP contribution in [0.1, 0.15) is 0 Å². The molecule has 1 aromatic heterocycles. The van der Waals surface area contributed by atoms with Crippen molar-refractivity contribution in [2.75, 3.05) is 26.0 Å². The number of likely N-dealkylation sites (N-methyl/N-ethyl adjacent to an activating group) is 1. The number of pyridine rings is 1. The van der Waals surface area contributed by atoms with Crippen LogP contribution in [-0.4, -0.2) is 30.7 Å². The zero-order valence-electron chi connectivity index (χ0n) is 12.8. The van der Waals surface area contributed by atoms with E-state index in [0.717, 1.165) is 0 Å². The molecule has 1 aromatic carbocycles. The molecule has 0 saturated carbocycles. The van der Waals surface area contributed by atoms with E-state index in [9.17, 15) is 9.59 Å². The van der Waals surface area contributed by atoms with Crippen LogP contribution >= 0.6 is 0 Å². The lowest BCUT2D eigenvalue weighted by atomic mass is 10.3.